The lowest BCUT2D eigenvalue weighted by molar-refractivity contribution is -0.738. The van der Waals surface area contributed by atoms with Gasteiger partial charge in [0.25, 0.3) is 0 Å². The van der Waals surface area contributed by atoms with Gasteiger partial charge < -0.3 is 27.4 Å². The summed E-state index contributed by atoms with van der Waals surface area (Å²) in [5.41, 5.74) is 1.25. The zero-order valence-corrected chi connectivity index (χ0v) is 9.37. The summed E-state index contributed by atoms with van der Waals surface area (Å²) in [4.78, 5) is 0. The summed E-state index contributed by atoms with van der Waals surface area (Å²) < 4.78 is 0. The molecule has 2 nitrogen and oxygen atoms in total. The molecule has 0 aromatic heterocycles. The summed E-state index contributed by atoms with van der Waals surface area (Å²) in [7, 11) is 0. The van der Waals surface area contributed by atoms with Gasteiger partial charge in [0.1, 0.15) is 6.54 Å². The maximum Gasteiger partial charge on any atom is 0.187 e. The summed E-state index contributed by atoms with van der Waals surface area (Å²) in [6, 6.07) is 10.2. The van der Waals surface area contributed by atoms with Crippen molar-refractivity contribution in [2.45, 2.75) is 26.1 Å². The first-order chi connectivity index (χ1) is 5.83. The van der Waals surface area contributed by atoms with Gasteiger partial charge in [0.05, 0.1) is 0 Å². The molecule has 1 aromatic rings. The third-order valence-electron chi connectivity index (χ3n) is 1.89. The summed E-state index contributed by atoms with van der Waals surface area (Å²) in [5.74, 6) is 0. The highest BCUT2D eigenvalue weighted by molar-refractivity contribution is 5.12. The number of nitrogens with two attached hydrogens (primary N) is 1. The van der Waals surface area contributed by atoms with Crippen LogP contribution >= 0.6 is 0 Å². The average Bonchev–Trinajstić information content (AvgIpc) is 2.16. The average molecular weight is 246 g/mol. The molecular weight excluding hydrogens is 230 g/mol. The first-order valence-corrected chi connectivity index (χ1v) is 4.38. The van der Waals surface area contributed by atoms with Crippen LogP contribution in [0.5, 0.6) is 0 Å². The van der Waals surface area contributed by atoms with Crippen LogP contribution in [0.4, 0.5) is 0 Å². The number of halogens is 1. The Morgan fingerprint density at radius 2 is 1.92 bits per heavy atom. The third-order valence-corrected chi connectivity index (χ3v) is 1.89. The van der Waals surface area contributed by atoms with Gasteiger partial charge in [-0.15, -0.1) is 0 Å². The molecule has 0 saturated carbocycles. The fourth-order valence-corrected chi connectivity index (χ4v) is 1.05. The van der Waals surface area contributed by atoms with Crippen LogP contribution < -0.4 is 22.3 Å². The van der Waals surface area contributed by atoms with Crippen molar-refractivity contribution in [2.24, 2.45) is 0 Å². The van der Waals surface area contributed by atoms with E-state index >= 15 is 0 Å². The molecular formula is C10H16BrNO. The van der Waals surface area contributed by atoms with Crippen LogP contribution in [0.1, 0.15) is 18.9 Å². The molecule has 0 saturated heterocycles. The van der Waals surface area contributed by atoms with E-state index in [9.17, 15) is 5.11 Å². The molecule has 1 unspecified atom stereocenters. The Labute approximate surface area is 89.7 Å². The van der Waals surface area contributed by atoms with Crippen molar-refractivity contribution in [3.05, 3.63) is 35.9 Å². The second kappa shape index (κ2) is 7.06. The molecule has 1 atom stereocenters. The normalized spacial score (nSPS) is 11.8. The Bertz CT molecular complexity index is 215. The van der Waals surface area contributed by atoms with E-state index in [1.165, 1.54) is 5.56 Å². The van der Waals surface area contributed by atoms with Crippen LogP contribution in [0.15, 0.2) is 30.3 Å². The maximum atomic E-state index is 9.26. The van der Waals surface area contributed by atoms with Gasteiger partial charge in [-0.2, -0.15) is 0 Å². The lowest BCUT2D eigenvalue weighted by atomic mass is 10.2. The van der Waals surface area contributed by atoms with Crippen molar-refractivity contribution < 1.29 is 27.4 Å². The first-order valence-electron chi connectivity index (χ1n) is 4.38. The first kappa shape index (κ1) is 12.6. The second-order valence-corrected chi connectivity index (χ2v) is 2.90. The van der Waals surface area contributed by atoms with Crippen LogP contribution in [0.2, 0.25) is 0 Å². The molecule has 0 heterocycles. The smallest absolute Gasteiger partial charge is 0.187 e. The van der Waals surface area contributed by atoms with Gasteiger partial charge in [0.2, 0.25) is 0 Å². The number of hydrogen-bond acceptors (Lipinski definition) is 1. The molecule has 1 rings (SSSR count). The molecule has 0 aliphatic rings. The highest BCUT2D eigenvalue weighted by Gasteiger charge is 2.01. The van der Waals surface area contributed by atoms with Gasteiger partial charge in [-0.25, -0.2) is 0 Å². The minimum absolute atomic E-state index is 0. The number of aliphatic hydroxyl groups is 1. The zero-order chi connectivity index (χ0) is 8.81. The Morgan fingerprint density at radius 1 is 1.31 bits per heavy atom. The Balaban J connectivity index is 0.00000144. The molecule has 0 aliphatic carbocycles. The van der Waals surface area contributed by atoms with E-state index in [0.717, 1.165) is 13.0 Å². The molecule has 0 bridgehead atoms. The van der Waals surface area contributed by atoms with Crippen LogP contribution in [0.25, 0.3) is 0 Å². The van der Waals surface area contributed by atoms with Crippen molar-refractivity contribution in [3.8, 4) is 0 Å². The van der Waals surface area contributed by atoms with E-state index in [1.54, 1.807) is 0 Å². The summed E-state index contributed by atoms with van der Waals surface area (Å²) in [6.07, 6.45) is 0.539. The summed E-state index contributed by atoms with van der Waals surface area (Å²) in [6.45, 7) is 2.84. The molecule has 0 spiro atoms. The highest BCUT2D eigenvalue weighted by atomic mass is 79.9. The van der Waals surface area contributed by atoms with Crippen LogP contribution in [-0.2, 0) is 6.54 Å². The highest BCUT2D eigenvalue weighted by Crippen LogP contribution is 1.94. The zero-order valence-electron chi connectivity index (χ0n) is 7.78. The number of rotatable bonds is 4. The number of benzene rings is 1. The quantitative estimate of drug-likeness (QED) is 0.565. The van der Waals surface area contributed by atoms with Crippen LogP contribution in [-0.4, -0.2) is 11.3 Å². The minimum atomic E-state index is -0.259. The predicted octanol–water partition coefficient (Wildman–Crippen LogP) is -2.52. The van der Waals surface area contributed by atoms with E-state index in [1.807, 2.05) is 30.4 Å². The van der Waals surface area contributed by atoms with Crippen molar-refractivity contribution in [2.75, 3.05) is 0 Å². The predicted molar refractivity (Wildman–Crippen MR) is 48.4 cm³/mol. The second-order valence-electron chi connectivity index (χ2n) is 2.90. The summed E-state index contributed by atoms with van der Waals surface area (Å²) in [5, 5.41) is 11.2. The molecule has 0 amide bonds. The van der Waals surface area contributed by atoms with Gasteiger partial charge in [-0.1, -0.05) is 37.3 Å². The van der Waals surface area contributed by atoms with E-state index < -0.39 is 0 Å². The van der Waals surface area contributed by atoms with E-state index in [4.69, 9.17) is 0 Å². The van der Waals surface area contributed by atoms with Crippen molar-refractivity contribution in [3.63, 3.8) is 0 Å². The molecule has 1 aromatic carbocycles. The fraction of sp³-hybridized carbons (Fsp3) is 0.400. The topological polar surface area (TPSA) is 36.8 Å². The molecule has 0 aliphatic heterocycles. The number of aliphatic hydroxyl groups excluding tert-OH is 1. The fourth-order valence-electron chi connectivity index (χ4n) is 1.05. The Morgan fingerprint density at radius 3 is 2.46 bits per heavy atom. The van der Waals surface area contributed by atoms with Gasteiger partial charge in [0.15, 0.2) is 6.23 Å². The largest absolute Gasteiger partial charge is 1.00 e. The number of hydrogen-bond donors (Lipinski definition) is 2. The summed E-state index contributed by atoms with van der Waals surface area (Å²) >= 11 is 0. The van der Waals surface area contributed by atoms with Crippen LogP contribution in [0.3, 0.4) is 0 Å². The van der Waals surface area contributed by atoms with Crippen LogP contribution in [0, 0.1) is 0 Å². The van der Waals surface area contributed by atoms with E-state index in [2.05, 4.69) is 12.1 Å². The van der Waals surface area contributed by atoms with E-state index in [-0.39, 0.29) is 23.2 Å². The Kier molecular flexibility index (Phi) is 6.86. The maximum absolute atomic E-state index is 9.26. The Hall–Kier alpha value is -0.380. The molecule has 3 heteroatoms. The van der Waals surface area contributed by atoms with E-state index in [0.29, 0.717) is 0 Å². The molecule has 13 heavy (non-hydrogen) atoms. The minimum Gasteiger partial charge on any atom is -1.00 e. The van der Waals surface area contributed by atoms with Gasteiger partial charge in [0, 0.05) is 12.0 Å². The third kappa shape index (κ3) is 5.03. The lowest BCUT2D eigenvalue weighted by Crippen LogP contribution is -3.00. The monoisotopic (exact) mass is 245 g/mol. The standard InChI is InChI=1S/C10H15NO.BrH/c1-2-10(12)11-8-9-6-4-3-5-7-9;/h3-7,10-12H,2,8H2,1H3;1H. The molecule has 74 valence electrons. The van der Waals surface area contributed by atoms with Gasteiger partial charge >= 0.3 is 0 Å². The van der Waals surface area contributed by atoms with Gasteiger partial charge in [-0.3, -0.25) is 0 Å². The molecule has 0 fully saturated rings. The van der Waals surface area contributed by atoms with Crippen molar-refractivity contribution in [1.82, 2.24) is 0 Å². The lowest BCUT2D eigenvalue weighted by Gasteiger charge is -2.06. The SMILES string of the molecule is CCC(O)[NH2+]Cc1ccccc1.[Br-]. The molecule has 3 N–H and O–H groups in total. The van der Waals surface area contributed by atoms with Gasteiger partial charge in [-0.05, 0) is 0 Å². The number of quaternary nitrogens is 1. The van der Waals surface area contributed by atoms with Crippen molar-refractivity contribution >= 4 is 0 Å². The van der Waals surface area contributed by atoms with Crippen molar-refractivity contribution in [1.29, 1.82) is 0 Å². The molecule has 0 radical (unpaired) electrons.